The van der Waals surface area contributed by atoms with Gasteiger partial charge in [-0.3, -0.25) is 0 Å². The average Bonchev–Trinajstić information content (AvgIpc) is 2.41. The van der Waals surface area contributed by atoms with Crippen LogP contribution < -0.4 is 5.73 Å². The van der Waals surface area contributed by atoms with Crippen molar-refractivity contribution < 1.29 is 4.74 Å². The van der Waals surface area contributed by atoms with Crippen molar-refractivity contribution >= 4 is 0 Å². The van der Waals surface area contributed by atoms with Gasteiger partial charge < -0.3 is 10.5 Å². The first kappa shape index (κ1) is 10.4. The monoisotopic (exact) mass is 197 g/mol. The summed E-state index contributed by atoms with van der Waals surface area (Å²) in [6, 6.07) is 0.233. The SMILES string of the molecule is CCOC1C2CCC(C)(C1N)C2(C)C. The fourth-order valence-corrected chi connectivity index (χ4v) is 3.76. The zero-order valence-electron chi connectivity index (χ0n) is 9.84. The zero-order valence-corrected chi connectivity index (χ0v) is 9.84. The highest BCUT2D eigenvalue weighted by atomic mass is 16.5. The molecule has 0 saturated heterocycles. The van der Waals surface area contributed by atoms with Crippen LogP contribution in [0.5, 0.6) is 0 Å². The van der Waals surface area contributed by atoms with Gasteiger partial charge in [-0.2, -0.15) is 0 Å². The van der Waals surface area contributed by atoms with E-state index in [-0.39, 0.29) is 11.5 Å². The van der Waals surface area contributed by atoms with Gasteiger partial charge in [-0.1, -0.05) is 20.8 Å². The standard InChI is InChI=1S/C12H23NO/c1-5-14-9-8-6-7-12(4,10(9)13)11(8,2)3/h8-10H,5-7,13H2,1-4H3. The molecule has 2 N–H and O–H groups in total. The first-order chi connectivity index (χ1) is 6.45. The predicted molar refractivity (Wildman–Crippen MR) is 58.0 cm³/mol. The van der Waals surface area contributed by atoms with Gasteiger partial charge in [0, 0.05) is 12.6 Å². The van der Waals surface area contributed by atoms with Crippen LogP contribution in [0.15, 0.2) is 0 Å². The van der Waals surface area contributed by atoms with Crippen molar-refractivity contribution in [3.05, 3.63) is 0 Å². The van der Waals surface area contributed by atoms with E-state index in [0.29, 0.717) is 17.4 Å². The molecule has 0 aromatic rings. The number of nitrogens with two attached hydrogens (primary N) is 1. The Hall–Kier alpha value is -0.0800. The largest absolute Gasteiger partial charge is 0.377 e. The maximum absolute atomic E-state index is 6.34. The van der Waals surface area contributed by atoms with Crippen LogP contribution in [0.2, 0.25) is 0 Å². The lowest BCUT2D eigenvalue weighted by Gasteiger charge is -2.37. The quantitative estimate of drug-likeness (QED) is 0.736. The second-order valence-corrected chi connectivity index (χ2v) is 5.73. The van der Waals surface area contributed by atoms with E-state index < -0.39 is 0 Å². The summed E-state index contributed by atoms with van der Waals surface area (Å²) in [5.74, 6) is 0.669. The Labute approximate surface area is 87.2 Å². The maximum atomic E-state index is 6.34. The van der Waals surface area contributed by atoms with Gasteiger partial charge in [-0.15, -0.1) is 0 Å². The van der Waals surface area contributed by atoms with Gasteiger partial charge in [0.25, 0.3) is 0 Å². The maximum Gasteiger partial charge on any atom is 0.0764 e. The van der Waals surface area contributed by atoms with Crippen molar-refractivity contribution in [2.75, 3.05) is 6.61 Å². The summed E-state index contributed by atoms with van der Waals surface area (Å²) >= 11 is 0. The van der Waals surface area contributed by atoms with E-state index in [0.717, 1.165) is 6.61 Å². The van der Waals surface area contributed by atoms with Crippen LogP contribution in [0.4, 0.5) is 0 Å². The Balaban J connectivity index is 2.29. The molecule has 2 fully saturated rings. The molecule has 0 aromatic carbocycles. The molecule has 4 unspecified atom stereocenters. The van der Waals surface area contributed by atoms with Crippen molar-refractivity contribution in [1.29, 1.82) is 0 Å². The van der Waals surface area contributed by atoms with Crippen LogP contribution in [0.3, 0.4) is 0 Å². The lowest BCUT2D eigenvalue weighted by molar-refractivity contribution is 0.000177. The van der Waals surface area contributed by atoms with Crippen LogP contribution in [0, 0.1) is 16.7 Å². The van der Waals surface area contributed by atoms with Gasteiger partial charge in [0.15, 0.2) is 0 Å². The molecule has 0 radical (unpaired) electrons. The van der Waals surface area contributed by atoms with Gasteiger partial charge in [0.05, 0.1) is 6.10 Å². The van der Waals surface area contributed by atoms with Crippen LogP contribution in [-0.4, -0.2) is 18.8 Å². The molecule has 0 spiro atoms. The van der Waals surface area contributed by atoms with Crippen molar-refractivity contribution in [3.63, 3.8) is 0 Å². The smallest absolute Gasteiger partial charge is 0.0764 e. The minimum atomic E-state index is 0.233. The van der Waals surface area contributed by atoms with E-state index in [4.69, 9.17) is 10.5 Å². The average molecular weight is 197 g/mol. The number of rotatable bonds is 2. The van der Waals surface area contributed by atoms with E-state index in [9.17, 15) is 0 Å². The third kappa shape index (κ3) is 0.989. The van der Waals surface area contributed by atoms with Gasteiger partial charge in [0.1, 0.15) is 0 Å². The van der Waals surface area contributed by atoms with Crippen LogP contribution in [0.1, 0.15) is 40.5 Å². The Morgan fingerprint density at radius 1 is 1.36 bits per heavy atom. The molecule has 0 amide bonds. The minimum Gasteiger partial charge on any atom is -0.377 e. The summed E-state index contributed by atoms with van der Waals surface area (Å²) in [5, 5.41) is 0. The van der Waals surface area contributed by atoms with E-state index in [1.807, 2.05) is 0 Å². The fourth-order valence-electron chi connectivity index (χ4n) is 3.76. The molecule has 2 rings (SSSR count). The van der Waals surface area contributed by atoms with Crippen molar-refractivity contribution in [1.82, 2.24) is 0 Å². The molecule has 2 aliphatic carbocycles. The van der Waals surface area contributed by atoms with Gasteiger partial charge >= 0.3 is 0 Å². The number of fused-ring (bicyclic) bond motifs is 2. The Morgan fingerprint density at radius 3 is 2.43 bits per heavy atom. The van der Waals surface area contributed by atoms with Crippen LogP contribution >= 0.6 is 0 Å². The molecule has 2 nitrogen and oxygen atoms in total. The number of hydrogen-bond donors (Lipinski definition) is 1. The first-order valence-corrected chi connectivity index (χ1v) is 5.82. The van der Waals surface area contributed by atoms with Gasteiger partial charge in [-0.25, -0.2) is 0 Å². The second kappa shape index (κ2) is 2.96. The molecule has 0 aliphatic heterocycles. The molecule has 0 aromatic heterocycles. The molecule has 2 bridgehead atoms. The molecular weight excluding hydrogens is 174 g/mol. The topological polar surface area (TPSA) is 35.2 Å². The molecule has 82 valence electrons. The first-order valence-electron chi connectivity index (χ1n) is 5.82. The van der Waals surface area contributed by atoms with Gasteiger partial charge in [0.2, 0.25) is 0 Å². The third-order valence-corrected chi connectivity index (χ3v) is 5.22. The Kier molecular flexibility index (Phi) is 2.20. The lowest BCUT2D eigenvalue weighted by atomic mass is 9.69. The number of hydrogen-bond acceptors (Lipinski definition) is 2. The van der Waals surface area contributed by atoms with Crippen LogP contribution in [0.25, 0.3) is 0 Å². The third-order valence-electron chi connectivity index (χ3n) is 5.22. The summed E-state index contributed by atoms with van der Waals surface area (Å²) in [6.45, 7) is 9.93. The normalized spacial score (nSPS) is 49.9. The molecule has 14 heavy (non-hydrogen) atoms. The zero-order chi connectivity index (χ0) is 10.6. The summed E-state index contributed by atoms with van der Waals surface area (Å²) in [6.07, 6.45) is 2.87. The van der Waals surface area contributed by atoms with E-state index in [1.54, 1.807) is 0 Å². The van der Waals surface area contributed by atoms with Gasteiger partial charge in [-0.05, 0) is 36.5 Å². The molecule has 0 heterocycles. The minimum absolute atomic E-state index is 0.233. The fraction of sp³-hybridized carbons (Fsp3) is 1.00. The van der Waals surface area contributed by atoms with E-state index in [1.165, 1.54) is 12.8 Å². The number of ether oxygens (including phenoxy) is 1. The molecular formula is C12H23NO. The van der Waals surface area contributed by atoms with E-state index in [2.05, 4.69) is 27.7 Å². The second-order valence-electron chi connectivity index (χ2n) is 5.73. The summed E-state index contributed by atoms with van der Waals surface area (Å²) in [4.78, 5) is 0. The summed E-state index contributed by atoms with van der Waals surface area (Å²) in [7, 11) is 0. The summed E-state index contributed by atoms with van der Waals surface area (Å²) in [5.41, 5.74) is 6.98. The Morgan fingerprint density at radius 2 is 2.00 bits per heavy atom. The predicted octanol–water partition coefficient (Wildman–Crippen LogP) is 2.17. The lowest BCUT2D eigenvalue weighted by Crippen LogP contribution is -2.47. The van der Waals surface area contributed by atoms with Crippen molar-refractivity contribution in [2.24, 2.45) is 22.5 Å². The molecule has 2 saturated carbocycles. The highest BCUT2D eigenvalue weighted by Gasteiger charge is 2.65. The Bertz CT molecular complexity index is 238. The van der Waals surface area contributed by atoms with E-state index >= 15 is 0 Å². The molecule has 2 aliphatic rings. The molecule has 4 atom stereocenters. The highest BCUT2D eigenvalue weighted by Crippen LogP contribution is 2.65. The van der Waals surface area contributed by atoms with Crippen molar-refractivity contribution in [2.45, 2.75) is 52.7 Å². The van der Waals surface area contributed by atoms with Crippen LogP contribution in [-0.2, 0) is 4.74 Å². The highest BCUT2D eigenvalue weighted by molar-refractivity contribution is 5.16. The summed E-state index contributed by atoms with van der Waals surface area (Å²) < 4.78 is 5.82. The molecule has 2 heteroatoms. The van der Waals surface area contributed by atoms with Crippen molar-refractivity contribution in [3.8, 4) is 0 Å².